The van der Waals surface area contributed by atoms with Gasteiger partial charge in [-0.05, 0) is 43.5 Å². The Hall–Kier alpha value is -3.09. The predicted molar refractivity (Wildman–Crippen MR) is 102 cm³/mol. The number of carbonyl (C=O) groups excluding carboxylic acids is 1. The van der Waals surface area contributed by atoms with E-state index in [1.807, 2.05) is 13.0 Å². The lowest BCUT2D eigenvalue weighted by atomic mass is 9.96. The Bertz CT molecular complexity index is 993. The summed E-state index contributed by atoms with van der Waals surface area (Å²) in [4.78, 5) is 27.6. The highest BCUT2D eigenvalue weighted by atomic mass is 19.1. The summed E-state index contributed by atoms with van der Waals surface area (Å²) in [6.07, 6.45) is 6.66. The molecule has 3 aromatic rings. The maximum absolute atomic E-state index is 14.0. The molecular formula is C20H20FN5O. The average molecular weight is 365 g/mol. The van der Waals surface area contributed by atoms with Crippen molar-refractivity contribution in [2.45, 2.75) is 19.8 Å². The van der Waals surface area contributed by atoms with Crippen molar-refractivity contribution in [3.05, 3.63) is 54.2 Å². The normalized spacial score (nSPS) is 17.1. The van der Waals surface area contributed by atoms with E-state index in [2.05, 4.69) is 25.2 Å². The second-order valence-electron chi connectivity index (χ2n) is 6.85. The number of hydrogen-bond donors (Lipinski definition) is 1. The van der Waals surface area contributed by atoms with E-state index in [4.69, 9.17) is 0 Å². The molecule has 0 unspecified atom stereocenters. The van der Waals surface area contributed by atoms with E-state index in [1.165, 1.54) is 6.07 Å². The van der Waals surface area contributed by atoms with Gasteiger partial charge >= 0.3 is 0 Å². The Labute approximate surface area is 156 Å². The number of halogens is 1. The molecule has 0 radical (unpaired) electrons. The highest BCUT2D eigenvalue weighted by Crippen LogP contribution is 2.26. The van der Waals surface area contributed by atoms with Gasteiger partial charge in [-0.15, -0.1) is 0 Å². The summed E-state index contributed by atoms with van der Waals surface area (Å²) in [5, 5.41) is 2.73. The first-order chi connectivity index (χ1) is 13.1. The first-order valence-electron chi connectivity index (χ1n) is 8.99. The molecule has 0 aliphatic carbocycles. The molecule has 1 atom stereocenters. The van der Waals surface area contributed by atoms with E-state index in [1.54, 1.807) is 30.7 Å². The fraction of sp³-hybridized carbons (Fsp3) is 0.300. The van der Waals surface area contributed by atoms with Crippen molar-refractivity contribution in [2.24, 2.45) is 5.92 Å². The fourth-order valence-electron chi connectivity index (χ4n) is 3.40. The molecule has 1 fully saturated rings. The molecule has 1 aliphatic heterocycles. The van der Waals surface area contributed by atoms with Crippen molar-refractivity contribution in [1.82, 2.24) is 15.0 Å². The largest absolute Gasteiger partial charge is 0.369 e. The molecule has 0 saturated carbocycles. The van der Waals surface area contributed by atoms with Crippen molar-refractivity contribution in [1.29, 1.82) is 0 Å². The van der Waals surface area contributed by atoms with E-state index in [9.17, 15) is 9.18 Å². The number of nitrogens with zero attached hydrogens (tertiary/aromatic N) is 4. The number of carbonyl (C=O) groups is 1. The number of rotatable bonds is 3. The maximum Gasteiger partial charge on any atom is 0.229 e. The van der Waals surface area contributed by atoms with Crippen LogP contribution in [0.1, 0.15) is 18.4 Å². The minimum absolute atomic E-state index is 0.156. The molecule has 4 rings (SSSR count). The van der Waals surface area contributed by atoms with Gasteiger partial charge in [-0.2, -0.15) is 0 Å². The number of aryl methyl sites for hydroxylation is 1. The molecule has 1 amide bonds. The summed E-state index contributed by atoms with van der Waals surface area (Å²) in [5.74, 6) is -0.777. The Balaban J connectivity index is 1.49. The van der Waals surface area contributed by atoms with Gasteiger partial charge in [0.1, 0.15) is 11.3 Å². The third-order valence-corrected chi connectivity index (χ3v) is 4.85. The van der Waals surface area contributed by atoms with E-state index in [-0.39, 0.29) is 17.5 Å². The van der Waals surface area contributed by atoms with E-state index in [0.29, 0.717) is 12.2 Å². The molecule has 0 bridgehead atoms. The number of benzene rings is 1. The summed E-state index contributed by atoms with van der Waals surface area (Å²) >= 11 is 0. The molecule has 3 heterocycles. The first-order valence-corrected chi connectivity index (χ1v) is 8.99. The number of piperidine rings is 1. The number of anilines is 2. The Morgan fingerprint density at radius 2 is 2.07 bits per heavy atom. The molecule has 6 nitrogen and oxygen atoms in total. The molecule has 0 spiro atoms. The van der Waals surface area contributed by atoms with Crippen LogP contribution in [0.25, 0.3) is 11.2 Å². The fourth-order valence-corrected chi connectivity index (χ4v) is 3.40. The lowest BCUT2D eigenvalue weighted by Gasteiger charge is -2.33. The van der Waals surface area contributed by atoms with Crippen LogP contribution in [0.4, 0.5) is 15.8 Å². The molecule has 138 valence electrons. The van der Waals surface area contributed by atoms with Crippen molar-refractivity contribution in [2.75, 3.05) is 23.3 Å². The van der Waals surface area contributed by atoms with Gasteiger partial charge in [-0.25, -0.2) is 14.4 Å². The first kappa shape index (κ1) is 17.3. The molecule has 1 aromatic carbocycles. The van der Waals surface area contributed by atoms with Crippen molar-refractivity contribution in [3.63, 3.8) is 0 Å². The van der Waals surface area contributed by atoms with Gasteiger partial charge in [0, 0.05) is 25.5 Å². The van der Waals surface area contributed by atoms with Gasteiger partial charge in [0.15, 0.2) is 5.65 Å². The Morgan fingerprint density at radius 3 is 2.93 bits per heavy atom. The van der Waals surface area contributed by atoms with Crippen LogP contribution in [-0.4, -0.2) is 33.9 Å². The lowest BCUT2D eigenvalue weighted by molar-refractivity contribution is -0.120. The minimum atomic E-state index is -0.409. The quantitative estimate of drug-likeness (QED) is 0.771. The summed E-state index contributed by atoms with van der Waals surface area (Å²) in [6.45, 7) is 3.22. The molecule has 2 aromatic heterocycles. The number of amides is 1. The van der Waals surface area contributed by atoms with Gasteiger partial charge in [0.25, 0.3) is 0 Å². The van der Waals surface area contributed by atoms with E-state index >= 15 is 0 Å². The zero-order valence-corrected chi connectivity index (χ0v) is 15.0. The molecule has 7 heteroatoms. The second-order valence-corrected chi connectivity index (χ2v) is 6.85. The molecular weight excluding hydrogens is 345 g/mol. The van der Waals surface area contributed by atoms with Crippen LogP contribution >= 0.6 is 0 Å². The van der Waals surface area contributed by atoms with Gasteiger partial charge in [-0.1, -0.05) is 6.07 Å². The highest BCUT2D eigenvalue weighted by Gasteiger charge is 2.27. The van der Waals surface area contributed by atoms with Crippen molar-refractivity contribution < 1.29 is 9.18 Å². The van der Waals surface area contributed by atoms with Gasteiger partial charge in [0.05, 0.1) is 23.5 Å². The SMILES string of the molecule is Cc1ccc(NC(=O)[C@@H]2CCCN(c3cnc4nccnc4c3)C2)c(F)c1. The summed E-state index contributed by atoms with van der Waals surface area (Å²) < 4.78 is 14.0. The van der Waals surface area contributed by atoms with Crippen LogP contribution in [0.15, 0.2) is 42.9 Å². The van der Waals surface area contributed by atoms with Crippen molar-refractivity contribution >= 4 is 28.4 Å². The smallest absolute Gasteiger partial charge is 0.229 e. The molecule has 1 saturated heterocycles. The second kappa shape index (κ2) is 7.26. The minimum Gasteiger partial charge on any atom is -0.369 e. The Kier molecular flexibility index (Phi) is 4.66. The van der Waals surface area contributed by atoms with Gasteiger partial charge in [-0.3, -0.25) is 9.78 Å². The number of hydrogen-bond acceptors (Lipinski definition) is 5. The zero-order valence-electron chi connectivity index (χ0n) is 15.0. The molecule has 1 aliphatic rings. The van der Waals surface area contributed by atoms with Crippen LogP contribution in [-0.2, 0) is 4.79 Å². The van der Waals surface area contributed by atoms with E-state index in [0.717, 1.165) is 36.2 Å². The topological polar surface area (TPSA) is 71.0 Å². The third-order valence-electron chi connectivity index (χ3n) is 4.85. The molecule has 1 N–H and O–H groups in total. The third kappa shape index (κ3) is 3.72. The van der Waals surface area contributed by atoms with Gasteiger partial charge < -0.3 is 10.2 Å². The lowest BCUT2D eigenvalue weighted by Crippen LogP contribution is -2.40. The average Bonchev–Trinajstić information content (AvgIpc) is 2.70. The Morgan fingerprint density at radius 1 is 1.22 bits per heavy atom. The highest BCUT2D eigenvalue weighted by molar-refractivity contribution is 5.93. The maximum atomic E-state index is 14.0. The number of aromatic nitrogens is 3. The molecule has 27 heavy (non-hydrogen) atoms. The van der Waals surface area contributed by atoms with Crippen LogP contribution in [0.5, 0.6) is 0 Å². The number of pyridine rings is 1. The summed E-state index contributed by atoms with van der Waals surface area (Å²) in [5.41, 5.74) is 3.29. The van der Waals surface area contributed by atoms with Crippen molar-refractivity contribution in [3.8, 4) is 0 Å². The van der Waals surface area contributed by atoms with Crippen LogP contribution in [0.2, 0.25) is 0 Å². The van der Waals surface area contributed by atoms with Crippen LogP contribution < -0.4 is 10.2 Å². The van der Waals surface area contributed by atoms with Gasteiger partial charge in [0.2, 0.25) is 5.91 Å². The van der Waals surface area contributed by atoms with Crippen LogP contribution in [0.3, 0.4) is 0 Å². The zero-order chi connectivity index (χ0) is 18.8. The summed E-state index contributed by atoms with van der Waals surface area (Å²) in [7, 11) is 0. The predicted octanol–water partition coefficient (Wildman–Crippen LogP) is 3.33. The monoisotopic (exact) mass is 365 g/mol. The standard InChI is InChI=1S/C20H20FN5O/c1-13-4-5-17(16(21)9-13)25-20(27)14-3-2-8-26(12-14)15-10-18-19(24-11-15)23-7-6-22-18/h4-7,9-11,14H,2-3,8,12H2,1H3,(H,25,27)/t14-/m1/s1. The van der Waals surface area contributed by atoms with Crippen LogP contribution in [0, 0.1) is 18.7 Å². The number of nitrogens with one attached hydrogen (secondary N) is 1. The summed E-state index contributed by atoms with van der Waals surface area (Å²) in [6, 6.07) is 6.75. The van der Waals surface area contributed by atoms with E-state index < -0.39 is 5.82 Å². The number of fused-ring (bicyclic) bond motifs is 1.